The van der Waals surface area contributed by atoms with Gasteiger partial charge in [0.25, 0.3) is 0 Å². The molecular weight excluding hydrogens is 296 g/mol. The van der Waals surface area contributed by atoms with Gasteiger partial charge in [0.1, 0.15) is 11.9 Å². The summed E-state index contributed by atoms with van der Waals surface area (Å²) in [4.78, 5) is 8.49. The van der Waals surface area contributed by atoms with Crippen molar-refractivity contribution in [2.45, 2.75) is 26.4 Å². The average molecular weight is 311 g/mol. The summed E-state index contributed by atoms with van der Waals surface area (Å²) in [7, 11) is 0. The Morgan fingerprint density at radius 1 is 1.56 bits per heavy atom. The van der Waals surface area contributed by atoms with Crippen molar-refractivity contribution in [2.24, 2.45) is 5.84 Å². The molecular formula is C11H15BrN6. The summed E-state index contributed by atoms with van der Waals surface area (Å²) in [6, 6.07) is 1.63. The van der Waals surface area contributed by atoms with Gasteiger partial charge in [-0.25, -0.2) is 15.4 Å². The van der Waals surface area contributed by atoms with Gasteiger partial charge >= 0.3 is 0 Å². The van der Waals surface area contributed by atoms with Crippen molar-refractivity contribution in [1.29, 1.82) is 0 Å². The third-order valence-corrected chi connectivity index (χ3v) is 3.28. The molecule has 7 heteroatoms. The van der Waals surface area contributed by atoms with Crippen molar-refractivity contribution in [3.05, 3.63) is 40.1 Å². The Labute approximate surface area is 114 Å². The second-order valence-electron chi connectivity index (χ2n) is 3.82. The molecule has 0 radical (unpaired) electrons. The summed E-state index contributed by atoms with van der Waals surface area (Å²) < 4.78 is 2.79. The predicted molar refractivity (Wildman–Crippen MR) is 71.5 cm³/mol. The van der Waals surface area contributed by atoms with E-state index < -0.39 is 0 Å². The van der Waals surface area contributed by atoms with Gasteiger partial charge in [-0.2, -0.15) is 5.10 Å². The maximum atomic E-state index is 5.67. The molecule has 96 valence electrons. The smallest absolute Gasteiger partial charge is 0.125 e. The third kappa shape index (κ3) is 2.43. The minimum Gasteiger partial charge on any atom is -0.270 e. The number of halogens is 1. The normalized spacial score (nSPS) is 12.7. The molecule has 18 heavy (non-hydrogen) atoms. The number of hydrazine groups is 1. The number of aryl methyl sites for hydroxylation is 2. The summed E-state index contributed by atoms with van der Waals surface area (Å²) in [6.45, 7) is 4.65. The van der Waals surface area contributed by atoms with Gasteiger partial charge in [-0.05, 0) is 35.8 Å². The van der Waals surface area contributed by atoms with E-state index in [2.05, 4.69) is 36.4 Å². The SMILES string of the molecule is CCn1ncc(Br)c1C(NN)c1ccnc(C)n1. The van der Waals surface area contributed by atoms with Crippen LogP contribution < -0.4 is 11.3 Å². The Balaban J connectivity index is 2.48. The molecule has 0 fully saturated rings. The van der Waals surface area contributed by atoms with Crippen LogP contribution in [0.1, 0.15) is 30.2 Å². The van der Waals surface area contributed by atoms with Crippen molar-refractivity contribution in [1.82, 2.24) is 25.2 Å². The van der Waals surface area contributed by atoms with Gasteiger partial charge in [0.2, 0.25) is 0 Å². The quantitative estimate of drug-likeness (QED) is 0.657. The number of hydrogen-bond donors (Lipinski definition) is 2. The second-order valence-corrected chi connectivity index (χ2v) is 4.68. The third-order valence-electron chi connectivity index (χ3n) is 2.67. The highest BCUT2D eigenvalue weighted by Gasteiger charge is 2.21. The zero-order chi connectivity index (χ0) is 13.1. The van der Waals surface area contributed by atoms with Crippen LogP contribution in [0.3, 0.4) is 0 Å². The van der Waals surface area contributed by atoms with Crippen molar-refractivity contribution in [2.75, 3.05) is 0 Å². The molecule has 2 rings (SSSR count). The zero-order valence-corrected chi connectivity index (χ0v) is 11.8. The molecule has 2 aromatic heterocycles. The van der Waals surface area contributed by atoms with Gasteiger partial charge in [-0.1, -0.05) is 0 Å². The molecule has 0 saturated heterocycles. The Hall–Kier alpha value is -1.31. The molecule has 0 bridgehead atoms. The molecule has 0 aliphatic carbocycles. The zero-order valence-electron chi connectivity index (χ0n) is 10.3. The lowest BCUT2D eigenvalue weighted by Gasteiger charge is -2.17. The van der Waals surface area contributed by atoms with Crippen LogP contribution >= 0.6 is 15.9 Å². The van der Waals surface area contributed by atoms with Crippen LogP contribution in [0.2, 0.25) is 0 Å². The first-order valence-corrected chi connectivity index (χ1v) is 6.43. The van der Waals surface area contributed by atoms with E-state index in [1.54, 1.807) is 12.4 Å². The monoisotopic (exact) mass is 310 g/mol. The molecule has 1 unspecified atom stereocenters. The molecule has 0 saturated carbocycles. The fourth-order valence-corrected chi connectivity index (χ4v) is 2.38. The van der Waals surface area contributed by atoms with Gasteiger partial charge in [-0.15, -0.1) is 0 Å². The summed E-state index contributed by atoms with van der Waals surface area (Å²) >= 11 is 3.49. The minimum atomic E-state index is -0.219. The van der Waals surface area contributed by atoms with Crippen molar-refractivity contribution in [3.8, 4) is 0 Å². The van der Waals surface area contributed by atoms with Crippen LogP contribution in [0.15, 0.2) is 22.9 Å². The van der Waals surface area contributed by atoms with E-state index in [1.165, 1.54) is 0 Å². The van der Waals surface area contributed by atoms with Crippen LogP contribution in [-0.4, -0.2) is 19.7 Å². The molecule has 0 aromatic carbocycles. The van der Waals surface area contributed by atoms with E-state index in [1.807, 2.05) is 24.6 Å². The molecule has 6 nitrogen and oxygen atoms in total. The number of aromatic nitrogens is 4. The maximum absolute atomic E-state index is 5.67. The lowest BCUT2D eigenvalue weighted by molar-refractivity contribution is 0.532. The number of nitrogens with one attached hydrogen (secondary N) is 1. The molecule has 3 N–H and O–H groups in total. The molecule has 0 aliphatic rings. The molecule has 2 heterocycles. The molecule has 2 aromatic rings. The van der Waals surface area contributed by atoms with Gasteiger partial charge in [0.05, 0.1) is 22.1 Å². The summed E-state index contributed by atoms with van der Waals surface area (Å²) in [5, 5.41) is 4.28. The number of nitrogens with two attached hydrogens (primary N) is 1. The number of rotatable bonds is 4. The van der Waals surface area contributed by atoms with E-state index in [-0.39, 0.29) is 6.04 Å². The Morgan fingerprint density at radius 3 is 2.94 bits per heavy atom. The van der Waals surface area contributed by atoms with Gasteiger partial charge < -0.3 is 0 Å². The Bertz CT molecular complexity index is 538. The standard InChI is InChI=1S/C11H15BrN6/c1-3-18-11(8(12)6-15-18)10(17-13)9-4-5-14-7(2)16-9/h4-6,10,17H,3,13H2,1-2H3. The van der Waals surface area contributed by atoms with Crippen LogP contribution in [0.4, 0.5) is 0 Å². The maximum Gasteiger partial charge on any atom is 0.125 e. The first-order valence-electron chi connectivity index (χ1n) is 5.64. The minimum absolute atomic E-state index is 0.219. The Morgan fingerprint density at radius 2 is 2.33 bits per heavy atom. The average Bonchev–Trinajstić information content (AvgIpc) is 2.72. The number of nitrogens with zero attached hydrogens (tertiary/aromatic N) is 4. The molecule has 0 spiro atoms. The van der Waals surface area contributed by atoms with E-state index in [0.717, 1.165) is 22.4 Å². The van der Waals surface area contributed by atoms with E-state index in [4.69, 9.17) is 5.84 Å². The van der Waals surface area contributed by atoms with Crippen LogP contribution in [0, 0.1) is 6.92 Å². The molecule has 0 amide bonds. The highest BCUT2D eigenvalue weighted by Crippen LogP contribution is 2.26. The summed E-state index contributed by atoms with van der Waals surface area (Å²) in [5.41, 5.74) is 4.56. The first kappa shape index (κ1) is 13.1. The van der Waals surface area contributed by atoms with Gasteiger partial charge in [0, 0.05) is 12.7 Å². The van der Waals surface area contributed by atoms with Crippen LogP contribution in [0.5, 0.6) is 0 Å². The predicted octanol–water partition coefficient (Wildman–Crippen LogP) is 1.32. The van der Waals surface area contributed by atoms with Crippen molar-refractivity contribution in [3.63, 3.8) is 0 Å². The van der Waals surface area contributed by atoms with E-state index >= 15 is 0 Å². The van der Waals surface area contributed by atoms with Crippen molar-refractivity contribution >= 4 is 15.9 Å². The van der Waals surface area contributed by atoms with E-state index in [9.17, 15) is 0 Å². The van der Waals surface area contributed by atoms with Crippen LogP contribution in [0.25, 0.3) is 0 Å². The summed E-state index contributed by atoms with van der Waals surface area (Å²) in [6.07, 6.45) is 3.49. The van der Waals surface area contributed by atoms with E-state index in [0.29, 0.717) is 5.82 Å². The lowest BCUT2D eigenvalue weighted by atomic mass is 10.1. The number of hydrogen-bond acceptors (Lipinski definition) is 5. The topological polar surface area (TPSA) is 81.7 Å². The van der Waals surface area contributed by atoms with Crippen LogP contribution in [-0.2, 0) is 6.54 Å². The van der Waals surface area contributed by atoms with Gasteiger partial charge in [0.15, 0.2) is 0 Å². The highest BCUT2D eigenvalue weighted by atomic mass is 79.9. The summed E-state index contributed by atoms with van der Waals surface area (Å²) in [5.74, 6) is 6.38. The highest BCUT2D eigenvalue weighted by molar-refractivity contribution is 9.10. The molecule has 1 atom stereocenters. The second kappa shape index (κ2) is 5.55. The first-order chi connectivity index (χ1) is 8.67. The van der Waals surface area contributed by atoms with Gasteiger partial charge in [-0.3, -0.25) is 10.5 Å². The molecule has 0 aliphatic heterocycles. The van der Waals surface area contributed by atoms with Crippen molar-refractivity contribution < 1.29 is 0 Å². The fraction of sp³-hybridized carbons (Fsp3) is 0.364. The fourth-order valence-electron chi connectivity index (χ4n) is 1.85. The Kier molecular flexibility index (Phi) is 4.05. The lowest BCUT2D eigenvalue weighted by Crippen LogP contribution is -2.31. The largest absolute Gasteiger partial charge is 0.270 e.